The number of benzene rings is 3. The third-order valence-electron chi connectivity index (χ3n) is 3.18. The Morgan fingerprint density at radius 3 is 2.29 bits per heavy atom. The lowest BCUT2D eigenvalue weighted by atomic mass is 9.98. The topological polar surface area (TPSA) is 46.5 Å². The number of para-hydroxylation sites is 1. The van der Waals surface area contributed by atoms with Crippen molar-refractivity contribution in [3.63, 3.8) is 0 Å². The molecule has 1 N–H and O–H groups in total. The summed E-state index contributed by atoms with van der Waals surface area (Å²) in [5.74, 6) is 0.287. The molecule has 1 atom stereocenters. The second-order valence-corrected chi connectivity index (χ2v) is 6.93. The summed E-state index contributed by atoms with van der Waals surface area (Å²) in [4.78, 5) is 9.25. The SMILES string of the molecule is O=P(O)(Cl)Oc1ccccc1-c1cccc2ccccc12. The molecule has 106 valence electrons. The molecule has 0 radical (unpaired) electrons. The van der Waals surface area contributed by atoms with Crippen LogP contribution in [0.3, 0.4) is 0 Å². The maximum atomic E-state index is 11.3. The van der Waals surface area contributed by atoms with Crippen molar-refractivity contribution in [2.24, 2.45) is 0 Å². The summed E-state index contributed by atoms with van der Waals surface area (Å²) < 4.78 is 16.3. The Morgan fingerprint density at radius 2 is 1.48 bits per heavy atom. The van der Waals surface area contributed by atoms with Gasteiger partial charge in [-0.25, -0.2) is 4.57 Å². The van der Waals surface area contributed by atoms with Crippen LogP contribution in [0.2, 0.25) is 0 Å². The van der Waals surface area contributed by atoms with Gasteiger partial charge in [0.1, 0.15) is 5.75 Å². The molecule has 3 rings (SSSR count). The molecule has 5 heteroatoms. The van der Waals surface area contributed by atoms with E-state index < -0.39 is 6.95 Å². The maximum absolute atomic E-state index is 11.3. The van der Waals surface area contributed by atoms with E-state index in [4.69, 9.17) is 15.8 Å². The van der Waals surface area contributed by atoms with Crippen molar-refractivity contribution in [2.75, 3.05) is 0 Å². The molecule has 21 heavy (non-hydrogen) atoms. The minimum absolute atomic E-state index is 0.287. The van der Waals surface area contributed by atoms with Crippen LogP contribution in [0.1, 0.15) is 0 Å². The first-order chi connectivity index (χ1) is 10.0. The first-order valence-electron chi connectivity index (χ1n) is 6.34. The highest BCUT2D eigenvalue weighted by molar-refractivity contribution is 7.80. The Morgan fingerprint density at radius 1 is 0.857 bits per heavy atom. The molecule has 0 aliphatic rings. The van der Waals surface area contributed by atoms with Crippen molar-refractivity contribution in [1.82, 2.24) is 0 Å². The molecule has 0 amide bonds. The smallest absolute Gasteiger partial charge is 0.413 e. The molecule has 3 aromatic carbocycles. The van der Waals surface area contributed by atoms with Gasteiger partial charge in [0.05, 0.1) is 0 Å². The molecule has 0 saturated heterocycles. The lowest BCUT2D eigenvalue weighted by Crippen LogP contribution is -1.90. The average Bonchev–Trinajstić information content (AvgIpc) is 2.46. The van der Waals surface area contributed by atoms with Crippen LogP contribution in [0, 0.1) is 0 Å². The second kappa shape index (κ2) is 5.53. The minimum Gasteiger partial charge on any atom is -0.413 e. The summed E-state index contributed by atoms with van der Waals surface area (Å²) in [5, 5.41) is 2.13. The highest BCUT2D eigenvalue weighted by Crippen LogP contribution is 2.50. The zero-order valence-corrected chi connectivity index (χ0v) is 12.6. The van der Waals surface area contributed by atoms with Gasteiger partial charge >= 0.3 is 6.95 Å². The molecule has 0 saturated carbocycles. The maximum Gasteiger partial charge on any atom is 0.474 e. The average molecular weight is 319 g/mol. The van der Waals surface area contributed by atoms with Gasteiger partial charge < -0.3 is 9.42 Å². The Bertz CT molecular complexity index is 836. The minimum atomic E-state index is -4.12. The zero-order valence-electron chi connectivity index (χ0n) is 10.9. The Balaban J connectivity index is 2.22. The molecular formula is C16H12ClO3P. The van der Waals surface area contributed by atoms with E-state index in [1.54, 1.807) is 12.1 Å². The van der Waals surface area contributed by atoms with E-state index in [0.29, 0.717) is 0 Å². The zero-order chi connectivity index (χ0) is 14.9. The van der Waals surface area contributed by atoms with E-state index in [-0.39, 0.29) is 5.75 Å². The van der Waals surface area contributed by atoms with Gasteiger partial charge in [0.2, 0.25) is 0 Å². The van der Waals surface area contributed by atoms with Gasteiger partial charge in [-0.1, -0.05) is 60.7 Å². The summed E-state index contributed by atoms with van der Waals surface area (Å²) in [5.41, 5.74) is 1.65. The van der Waals surface area contributed by atoms with E-state index in [2.05, 4.69) is 0 Å². The summed E-state index contributed by atoms with van der Waals surface area (Å²) in [6.07, 6.45) is 0. The third-order valence-corrected chi connectivity index (χ3v) is 3.81. The summed E-state index contributed by atoms with van der Waals surface area (Å²) in [7, 11) is 0. The van der Waals surface area contributed by atoms with Crippen LogP contribution < -0.4 is 4.52 Å². The van der Waals surface area contributed by atoms with E-state index in [1.807, 2.05) is 54.6 Å². The summed E-state index contributed by atoms with van der Waals surface area (Å²) in [6, 6.07) is 20.9. The number of hydrogen-bond acceptors (Lipinski definition) is 2. The van der Waals surface area contributed by atoms with Crippen LogP contribution in [0.25, 0.3) is 21.9 Å². The van der Waals surface area contributed by atoms with Crippen LogP contribution >= 0.6 is 18.2 Å². The molecule has 0 bridgehead atoms. The van der Waals surface area contributed by atoms with Crippen LogP contribution in [-0.4, -0.2) is 4.89 Å². The predicted molar refractivity (Wildman–Crippen MR) is 85.7 cm³/mol. The Kier molecular flexibility index (Phi) is 3.73. The van der Waals surface area contributed by atoms with Gasteiger partial charge in [0.25, 0.3) is 0 Å². The molecule has 3 nitrogen and oxygen atoms in total. The van der Waals surface area contributed by atoms with Gasteiger partial charge in [-0.15, -0.1) is 0 Å². The predicted octanol–water partition coefficient (Wildman–Crippen LogP) is 5.22. The first-order valence-corrected chi connectivity index (χ1v) is 8.82. The standard InChI is InChI=1S/C16H12ClO3P/c17-21(18,19)20-16-11-4-3-9-15(16)14-10-5-7-12-6-1-2-8-13(12)14/h1-11H,(H,18,19). The lowest BCUT2D eigenvalue weighted by molar-refractivity contribution is 0.401. The fourth-order valence-corrected chi connectivity index (χ4v) is 2.98. The van der Waals surface area contributed by atoms with Crippen LogP contribution in [0.15, 0.2) is 66.7 Å². The molecule has 0 aliphatic carbocycles. The fraction of sp³-hybridized carbons (Fsp3) is 0. The number of hydrogen-bond donors (Lipinski definition) is 1. The van der Waals surface area contributed by atoms with Gasteiger partial charge in [-0.3, -0.25) is 0 Å². The van der Waals surface area contributed by atoms with Crippen molar-refractivity contribution in [3.05, 3.63) is 66.7 Å². The van der Waals surface area contributed by atoms with Crippen molar-refractivity contribution >= 4 is 29.0 Å². The van der Waals surface area contributed by atoms with Crippen LogP contribution in [-0.2, 0) is 4.57 Å². The fourth-order valence-electron chi connectivity index (χ4n) is 2.35. The molecular weight excluding hydrogens is 307 g/mol. The van der Waals surface area contributed by atoms with Gasteiger partial charge in [-0.2, -0.15) is 0 Å². The number of halogens is 1. The highest BCUT2D eigenvalue weighted by atomic mass is 35.7. The van der Waals surface area contributed by atoms with Crippen LogP contribution in [0.5, 0.6) is 5.75 Å². The van der Waals surface area contributed by atoms with Crippen molar-refractivity contribution in [1.29, 1.82) is 0 Å². The Hall–Kier alpha value is -1.80. The molecule has 0 aromatic heterocycles. The van der Waals surface area contributed by atoms with E-state index in [9.17, 15) is 9.46 Å². The third kappa shape index (κ3) is 3.11. The second-order valence-electron chi connectivity index (χ2n) is 4.57. The summed E-state index contributed by atoms with van der Waals surface area (Å²) in [6.45, 7) is -4.12. The molecule has 0 spiro atoms. The number of fused-ring (bicyclic) bond motifs is 1. The Labute approximate surface area is 127 Å². The van der Waals surface area contributed by atoms with Gasteiger partial charge in [0.15, 0.2) is 0 Å². The van der Waals surface area contributed by atoms with Crippen molar-refractivity contribution in [2.45, 2.75) is 0 Å². The summed E-state index contributed by atoms with van der Waals surface area (Å²) >= 11 is 5.33. The van der Waals surface area contributed by atoms with E-state index in [0.717, 1.165) is 21.9 Å². The molecule has 0 heterocycles. The first kappa shape index (κ1) is 14.2. The molecule has 1 unspecified atom stereocenters. The molecule has 0 aliphatic heterocycles. The van der Waals surface area contributed by atoms with Crippen molar-refractivity contribution < 1.29 is 14.0 Å². The van der Waals surface area contributed by atoms with E-state index in [1.165, 1.54) is 0 Å². The molecule has 0 fully saturated rings. The van der Waals surface area contributed by atoms with E-state index >= 15 is 0 Å². The highest BCUT2D eigenvalue weighted by Gasteiger charge is 2.19. The van der Waals surface area contributed by atoms with Crippen molar-refractivity contribution in [3.8, 4) is 16.9 Å². The normalized spacial score (nSPS) is 13.8. The number of rotatable bonds is 3. The monoisotopic (exact) mass is 318 g/mol. The van der Waals surface area contributed by atoms with Crippen LogP contribution in [0.4, 0.5) is 0 Å². The molecule has 3 aromatic rings. The van der Waals surface area contributed by atoms with Gasteiger partial charge in [-0.05, 0) is 22.4 Å². The lowest BCUT2D eigenvalue weighted by Gasteiger charge is -2.13. The quantitative estimate of drug-likeness (QED) is 0.673. The van der Waals surface area contributed by atoms with Gasteiger partial charge in [0, 0.05) is 16.8 Å². The largest absolute Gasteiger partial charge is 0.474 e.